The quantitative estimate of drug-likeness (QED) is 0.0799. The van der Waals surface area contributed by atoms with E-state index >= 15 is 0 Å². The summed E-state index contributed by atoms with van der Waals surface area (Å²) in [6.07, 6.45) is 13.0. The highest BCUT2D eigenvalue weighted by molar-refractivity contribution is 7.80. The largest absolute Gasteiger partial charge is 0.506 e. The van der Waals surface area contributed by atoms with Crippen LogP contribution in [0.25, 0.3) is 10.8 Å². The zero-order chi connectivity index (χ0) is 30.6. The van der Waals surface area contributed by atoms with E-state index in [1.54, 1.807) is 18.2 Å². The summed E-state index contributed by atoms with van der Waals surface area (Å²) in [7, 11) is 0. The van der Waals surface area contributed by atoms with Crippen LogP contribution >= 0.6 is 12.6 Å². The minimum atomic E-state index is -0.604. The molecule has 0 aliphatic rings. The van der Waals surface area contributed by atoms with E-state index in [1.807, 2.05) is 13.8 Å². The fourth-order valence-corrected chi connectivity index (χ4v) is 4.72. The summed E-state index contributed by atoms with van der Waals surface area (Å²) in [5.41, 5.74) is 0.514. The van der Waals surface area contributed by atoms with E-state index in [9.17, 15) is 14.7 Å². The summed E-state index contributed by atoms with van der Waals surface area (Å²) in [6.45, 7) is 8.44. The molecule has 2 aromatic rings. The van der Waals surface area contributed by atoms with Crippen molar-refractivity contribution in [2.24, 2.45) is 5.92 Å². The molecule has 9 heteroatoms. The third kappa shape index (κ3) is 13.1. The summed E-state index contributed by atoms with van der Waals surface area (Å²) in [4.78, 5) is 25.4. The van der Waals surface area contributed by atoms with Crippen molar-refractivity contribution in [3.63, 3.8) is 0 Å². The average Bonchev–Trinajstić information content (AvgIpc) is 2.97. The molecule has 8 nitrogen and oxygen atoms in total. The average molecular weight is 605 g/mol. The van der Waals surface area contributed by atoms with Crippen LogP contribution in [0.15, 0.2) is 24.3 Å². The molecule has 0 fully saturated rings. The Morgan fingerprint density at radius 2 is 1.60 bits per heavy atom. The lowest BCUT2D eigenvalue weighted by Crippen LogP contribution is -2.25. The van der Waals surface area contributed by atoms with Gasteiger partial charge in [0, 0.05) is 30.9 Å². The number of rotatable bonds is 22. The molecule has 0 bridgehead atoms. The number of ether oxygens (including phenoxy) is 3. The first-order valence-corrected chi connectivity index (χ1v) is 16.3. The van der Waals surface area contributed by atoms with E-state index in [0.29, 0.717) is 47.5 Å². The maximum Gasteiger partial charge on any atom is 0.411 e. The number of phenolic OH excluding ortho intramolecular Hbond substituents is 1. The molecule has 2 rings (SSSR count). The highest BCUT2D eigenvalue weighted by Crippen LogP contribution is 2.40. The maximum atomic E-state index is 13.0. The van der Waals surface area contributed by atoms with Crippen LogP contribution in [0.3, 0.4) is 0 Å². The van der Waals surface area contributed by atoms with Crippen LogP contribution < -0.4 is 15.4 Å². The van der Waals surface area contributed by atoms with Crippen molar-refractivity contribution in [1.82, 2.24) is 5.32 Å². The number of nitrogens with one attached hydrogen (secondary N) is 2. The van der Waals surface area contributed by atoms with Gasteiger partial charge < -0.3 is 24.6 Å². The van der Waals surface area contributed by atoms with Crippen LogP contribution in [0.2, 0.25) is 0 Å². The monoisotopic (exact) mass is 604 g/mol. The normalized spacial score (nSPS) is 11.2. The molecule has 0 saturated carbocycles. The lowest BCUT2D eigenvalue weighted by molar-refractivity contribution is 0.0937. The van der Waals surface area contributed by atoms with Crippen LogP contribution in [0.5, 0.6) is 11.5 Å². The van der Waals surface area contributed by atoms with Gasteiger partial charge in [-0.15, -0.1) is 0 Å². The van der Waals surface area contributed by atoms with Gasteiger partial charge in [-0.1, -0.05) is 90.7 Å². The lowest BCUT2D eigenvalue weighted by atomic mass is 10.0. The fourth-order valence-electron chi connectivity index (χ4n) is 4.63. The molecule has 2 amide bonds. The van der Waals surface area contributed by atoms with E-state index in [1.165, 1.54) is 63.9 Å². The van der Waals surface area contributed by atoms with Crippen molar-refractivity contribution in [2.75, 3.05) is 44.0 Å². The van der Waals surface area contributed by atoms with Gasteiger partial charge in [0.1, 0.15) is 11.5 Å². The zero-order valence-electron chi connectivity index (χ0n) is 25.8. The van der Waals surface area contributed by atoms with Crippen molar-refractivity contribution < 1.29 is 28.9 Å². The number of hydrogen-bond donors (Lipinski definition) is 4. The number of anilines is 1. The SMILES string of the molecule is CCCCCCCCCCCCOCCCNC(=O)c1cc(OCCS)c2c(NC(=O)OCC(C)C)cccc2c1O. The Kier molecular flexibility index (Phi) is 17.9. The molecule has 0 saturated heterocycles. The Morgan fingerprint density at radius 3 is 2.26 bits per heavy atom. The minimum absolute atomic E-state index is 0.0995. The van der Waals surface area contributed by atoms with Crippen molar-refractivity contribution in [2.45, 2.75) is 91.4 Å². The van der Waals surface area contributed by atoms with E-state index < -0.39 is 12.0 Å². The van der Waals surface area contributed by atoms with Gasteiger partial charge in [0.15, 0.2) is 0 Å². The highest BCUT2D eigenvalue weighted by atomic mass is 32.1. The molecule has 0 aliphatic carbocycles. The number of carbonyl (C=O) groups is 2. The predicted molar refractivity (Wildman–Crippen MR) is 174 cm³/mol. The van der Waals surface area contributed by atoms with Crippen molar-refractivity contribution in [3.05, 3.63) is 29.8 Å². The first-order chi connectivity index (χ1) is 20.4. The Morgan fingerprint density at radius 1 is 0.929 bits per heavy atom. The number of phenols is 1. The zero-order valence-corrected chi connectivity index (χ0v) is 26.7. The second-order valence-corrected chi connectivity index (χ2v) is 11.5. The van der Waals surface area contributed by atoms with Crippen molar-refractivity contribution in [1.29, 1.82) is 0 Å². The standard InChI is InChI=1S/C33H52N2O6S/c1-4-5-6-7-8-9-10-11-12-13-19-39-20-15-18-34-32(37)27-23-29(40-21-22-42)30-26(31(27)36)16-14-17-28(30)35-33(38)41-24-25(2)3/h14,16-17,23,25,36,42H,4-13,15,18-22,24H2,1-3H3,(H,34,37)(H,35,38). The van der Waals surface area contributed by atoms with Gasteiger partial charge >= 0.3 is 6.09 Å². The number of carbonyl (C=O) groups excluding carboxylic acids is 2. The van der Waals surface area contributed by atoms with Crippen LogP contribution in [0.1, 0.15) is 102 Å². The number of hydrogen-bond acceptors (Lipinski definition) is 7. The Bertz CT molecular complexity index is 1080. The number of aromatic hydroxyl groups is 1. The predicted octanol–water partition coefficient (Wildman–Crippen LogP) is 8.12. The molecule has 3 N–H and O–H groups in total. The van der Waals surface area contributed by atoms with Crippen LogP contribution in [-0.4, -0.2) is 55.8 Å². The topological polar surface area (TPSA) is 106 Å². The molecule has 0 aromatic heterocycles. The van der Waals surface area contributed by atoms with Gasteiger partial charge in [-0.05, 0) is 30.9 Å². The number of amides is 2. The molecule has 0 atom stereocenters. The first-order valence-electron chi connectivity index (χ1n) is 15.7. The molecule has 0 radical (unpaired) electrons. The van der Waals surface area contributed by atoms with E-state index in [0.717, 1.165) is 13.0 Å². The van der Waals surface area contributed by atoms with Gasteiger partial charge in [-0.25, -0.2) is 4.79 Å². The summed E-state index contributed by atoms with van der Waals surface area (Å²) < 4.78 is 16.9. The Hall–Kier alpha value is -2.65. The van der Waals surface area contributed by atoms with Crippen molar-refractivity contribution >= 4 is 41.1 Å². The number of benzene rings is 2. The second-order valence-electron chi connectivity index (χ2n) is 11.1. The fraction of sp³-hybridized carbons (Fsp3) is 0.636. The smallest absolute Gasteiger partial charge is 0.411 e. The van der Waals surface area contributed by atoms with Gasteiger partial charge in [-0.2, -0.15) is 12.6 Å². The minimum Gasteiger partial charge on any atom is -0.506 e. The molecule has 42 heavy (non-hydrogen) atoms. The highest BCUT2D eigenvalue weighted by Gasteiger charge is 2.21. The van der Waals surface area contributed by atoms with Gasteiger partial charge in [-0.3, -0.25) is 10.1 Å². The molecule has 0 heterocycles. The van der Waals surface area contributed by atoms with Gasteiger partial charge in [0.05, 0.1) is 29.9 Å². The first kappa shape index (κ1) is 35.5. The number of thiol groups is 1. The molecule has 0 unspecified atom stereocenters. The molecule has 2 aromatic carbocycles. The summed E-state index contributed by atoms with van der Waals surface area (Å²) in [5, 5.41) is 17.5. The Labute approximate surface area is 257 Å². The second kappa shape index (κ2) is 21.1. The number of unbranched alkanes of at least 4 members (excludes halogenated alkanes) is 9. The lowest BCUT2D eigenvalue weighted by Gasteiger charge is -2.17. The van der Waals surface area contributed by atoms with Gasteiger partial charge in [0.25, 0.3) is 5.91 Å². The van der Waals surface area contributed by atoms with Crippen LogP contribution in [-0.2, 0) is 9.47 Å². The third-order valence-corrected chi connectivity index (χ3v) is 7.05. The molecule has 0 spiro atoms. The summed E-state index contributed by atoms with van der Waals surface area (Å²) in [6, 6.07) is 6.57. The van der Waals surface area contributed by atoms with Crippen molar-refractivity contribution in [3.8, 4) is 11.5 Å². The van der Waals surface area contributed by atoms with Crippen LogP contribution in [0, 0.1) is 5.92 Å². The molecule has 236 valence electrons. The van der Waals surface area contributed by atoms with Gasteiger partial charge in [0.2, 0.25) is 0 Å². The van der Waals surface area contributed by atoms with E-state index in [2.05, 4.69) is 30.2 Å². The molecular formula is C33H52N2O6S. The molecule has 0 aliphatic heterocycles. The molecular weight excluding hydrogens is 552 g/mol. The Balaban J connectivity index is 1.84. The maximum absolute atomic E-state index is 13.0. The number of fused-ring (bicyclic) bond motifs is 1. The summed E-state index contributed by atoms with van der Waals surface area (Å²) >= 11 is 4.22. The van der Waals surface area contributed by atoms with E-state index in [4.69, 9.17) is 14.2 Å². The summed E-state index contributed by atoms with van der Waals surface area (Å²) in [5.74, 6) is 0.418. The van der Waals surface area contributed by atoms with E-state index in [-0.39, 0.29) is 30.4 Å². The third-order valence-electron chi connectivity index (χ3n) is 6.87. The van der Waals surface area contributed by atoms with Crippen LogP contribution in [0.4, 0.5) is 10.5 Å².